The third-order valence-corrected chi connectivity index (χ3v) is 3.94. The zero-order valence-electron chi connectivity index (χ0n) is 13.0. The highest BCUT2D eigenvalue weighted by molar-refractivity contribution is 6.29. The van der Waals surface area contributed by atoms with Crippen LogP contribution in [0.4, 0.5) is 0 Å². The van der Waals surface area contributed by atoms with E-state index in [1.165, 1.54) is 5.56 Å². The minimum absolute atomic E-state index is 0.344. The Bertz CT molecular complexity index is 610. The maximum Gasteiger partial charge on any atom is 0.147 e. The van der Waals surface area contributed by atoms with Gasteiger partial charge in [-0.3, -0.25) is 0 Å². The number of hydrogen-bond acceptors (Lipinski definition) is 3. The molecule has 0 saturated heterocycles. The summed E-state index contributed by atoms with van der Waals surface area (Å²) in [5.74, 6) is 1.69. The second-order valence-corrected chi connectivity index (χ2v) is 5.54. The van der Waals surface area contributed by atoms with Gasteiger partial charge in [-0.05, 0) is 37.6 Å². The SMILES string of the molecule is CCNC(C)c1ccc(OCc2ncc(Cl)n2C)c(C)c1. The molecular formula is C16H22ClN3O. The quantitative estimate of drug-likeness (QED) is 0.885. The summed E-state index contributed by atoms with van der Waals surface area (Å²) in [6.07, 6.45) is 1.63. The minimum Gasteiger partial charge on any atom is -0.485 e. The Morgan fingerprint density at radius 1 is 1.43 bits per heavy atom. The molecule has 21 heavy (non-hydrogen) atoms. The van der Waals surface area contributed by atoms with Crippen LogP contribution in [0.15, 0.2) is 24.4 Å². The number of benzene rings is 1. The molecule has 1 aromatic carbocycles. The van der Waals surface area contributed by atoms with Crippen molar-refractivity contribution in [2.75, 3.05) is 6.54 Å². The van der Waals surface area contributed by atoms with Crippen molar-refractivity contribution in [2.45, 2.75) is 33.4 Å². The van der Waals surface area contributed by atoms with E-state index in [9.17, 15) is 0 Å². The smallest absolute Gasteiger partial charge is 0.147 e. The molecule has 1 atom stereocenters. The van der Waals surface area contributed by atoms with Gasteiger partial charge in [-0.25, -0.2) is 4.98 Å². The third kappa shape index (κ3) is 3.77. The van der Waals surface area contributed by atoms with Crippen LogP contribution < -0.4 is 10.1 Å². The molecule has 0 aliphatic heterocycles. The van der Waals surface area contributed by atoms with Gasteiger partial charge in [-0.2, -0.15) is 0 Å². The van der Waals surface area contributed by atoms with Crippen LogP contribution in [0, 0.1) is 6.92 Å². The molecule has 1 heterocycles. The van der Waals surface area contributed by atoms with Gasteiger partial charge in [0.05, 0.1) is 6.20 Å². The summed E-state index contributed by atoms with van der Waals surface area (Å²) >= 11 is 5.97. The van der Waals surface area contributed by atoms with Crippen molar-refractivity contribution in [3.8, 4) is 5.75 Å². The second kappa shape index (κ2) is 6.96. The lowest BCUT2D eigenvalue weighted by Gasteiger charge is -2.15. The molecule has 114 valence electrons. The highest BCUT2D eigenvalue weighted by Crippen LogP contribution is 2.23. The summed E-state index contributed by atoms with van der Waals surface area (Å²) in [4.78, 5) is 4.23. The highest BCUT2D eigenvalue weighted by Gasteiger charge is 2.09. The molecule has 0 saturated carbocycles. The fraction of sp³-hybridized carbons (Fsp3) is 0.438. The first-order valence-electron chi connectivity index (χ1n) is 7.15. The van der Waals surface area contributed by atoms with E-state index in [0.717, 1.165) is 23.7 Å². The second-order valence-electron chi connectivity index (χ2n) is 5.15. The lowest BCUT2D eigenvalue weighted by atomic mass is 10.1. The molecule has 2 rings (SSSR count). The zero-order chi connectivity index (χ0) is 15.4. The molecule has 0 aliphatic rings. The highest BCUT2D eigenvalue weighted by atomic mass is 35.5. The van der Waals surface area contributed by atoms with Crippen molar-refractivity contribution in [1.29, 1.82) is 0 Å². The third-order valence-electron chi connectivity index (χ3n) is 3.59. The largest absolute Gasteiger partial charge is 0.485 e. The van der Waals surface area contributed by atoms with Gasteiger partial charge in [-0.15, -0.1) is 0 Å². The van der Waals surface area contributed by atoms with E-state index in [4.69, 9.17) is 16.3 Å². The van der Waals surface area contributed by atoms with Gasteiger partial charge in [0.2, 0.25) is 0 Å². The van der Waals surface area contributed by atoms with Crippen molar-refractivity contribution >= 4 is 11.6 Å². The normalized spacial score (nSPS) is 12.4. The van der Waals surface area contributed by atoms with Crippen LogP contribution in [0.25, 0.3) is 0 Å². The summed E-state index contributed by atoms with van der Waals surface area (Å²) in [6, 6.07) is 6.62. The first-order valence-corrected chi connectivity index (χ1v) is 7.53. The molecular weight excluding hydrogens is 286 g/mol. The van der Waals surface area contributed by atoms with Gasteiger partial charge < -0.3 is 14.6 Å². The number of rotatable bonds is 6. The summed E-state index contributed by atoms with van der Waals surface area (Å²) in [5, 5.41) is 4.02. The topological polar surface area (TPSA) is 39.1 Å². The van der Waals surface area contributed by atoms with Crippen LogP contribution in [0.1, 0.15) is 36.8 Å². The van der Waals surface area contributed by atoms with E-state index in [2.05, 4.69) is 43.2 Å². The van der Waals surface area contributed by atoms with Gasteiger partial charge in [0.25, 0.3) is 0 Å². The molecule has 0 bridgehead atoms. The van der Waals surface area contributed by atoms with E-state index in [1.807, 2.05) is 17.7 Å². The molecule has 4 nitrogen and oxygen atoms in total. The molecule has 1 N–H and O–H groups in total. The van der Waals surface area contributed by atoms with E-state index < -0.39 is 0 Å². The molecule has 2 aromatic rings. The number of aryl methyl sites for hydroxylation is 1. The van der Waals surface area contributed by atoms with Crippen LogP contribution in [-0.2, 0) is 13.7 Å². The fourth-order valence-electron chi connectivity index (χ4n) is 2.23. The summed E-state index contributed by atoms with van der Waals surface area (Å²) in [6.45, 7) is 7.70. The number of hydrogen-bond donors (Lipinski definition) is 1. The van der Waals surface area contributed by atoms with E-state index in [-0.39, 0.29) is 0 Å². The predicted molar refractivity (Wildman–Crippen MR) is 85.8 cm³/mol. The molecule has 0 fully saturated rings. The van der Waals surface area contributed by atoms with E-state index in [1.54, 1.807) is 6.20 Å². The molecule has 1 unspecified atom stereocenters. The van der Waals surface area contributed by atoms with Gasteiger partial charge in [0.15, 0.2) is 0 Å². The Morgan fingerprint density at radius 2 is 2.19 bits per heavy atom. The molecule has 0 aliphatic carbocycles. The number of imidazole rings is 1. The Balaban J connectivity index is 2.06. The molecule has 0 amide bonds. The van der Waals surface area contributed by atoms with Crippen LogP contribution >= 0.6 is 11.6 Å². The van der Waals surface area contributed by atoms with Gasteiger partial charge >= 0.3 is 0 Å². The summed E-state index contributed by atoms with van der Waals surface area (Å²) < 4.78 is 7.67. The average Bonchev–Trinajstić information content (AvgIpc) is 2.78. The monoisotopic (exact) mass is 307 g/mol. The van der Waals surface area contributed by atoms with Crippen LogP contribution in [0.2, 0.25) is 5.15 Å². The minimum atomic E-state index is 0.344. The van der Waals surface area contributed by atoms with Crippen molar-refractivity contribution in [3.63, 3.8) is 0 Å². The zero-order valence-corrected chi connectivity index (χ0v) is 13.7. The summed E-state index contributed by atoms with van der Waals surface area (Å²) in [7, 11) is 1.88. The Morgan fingerprint density at radius 3 is 2.76 bits per heavy atom. The lowest BCUT2D eigenvalue weighted by Crippen LogP contribution is -2.17. The number of nitrogens with one attached hydrogen (secondary N) is 1. The van der Waals surface area contributed by atoms with E-state index >= 15 is 0 Å². The van der Waals surface area contributed by atoms with Crippen molar-refractivity contribution in [3.05, 3.63) is 46.5 Å². The first kappa shape index (κ1) is 15.9. The van der Waals surface area contributed by atoms with Gasteiger partial charge in [-0.1, -0.05) is 30.7 Å². The van der Waals surface area contributed by atoms with Gasteiger partial charge in [0, 0.05) is 13.1 Å². The predicted octanol–water partition coefficient (Wildman–Crippen LogP) is 3.63. The Hall–Kier alpha value is -1.52. The van der Waals surface area contributed by atoms with Crippen LogP contribution in [-0.4, -0.2) is 16.1 Å². The van der Waals surface area contributed by atoms with Crippen LogP contribution in [0.3, 0.4) is 0 Å². The maximum absolute atomic E-state index is 5.97. The van der Waals surface area contributed by atoms with Crippen molar-refractivity contribution in [1.82, 2.24) is 14.9 Å². The molecule has 5 heteroatoms. The Kier molecular flexibility index (Phi) is 5.26. The molecule has 1 aromatic heterocycles. The number of halogens is 1. The van der Waals surface area contributed by atoms with Gasteiger partial charge in [0.1, 0.15) is 23.3 Å². The van der Waals surface area contributed by atoms with Crippen molar-refractivity contribution < 1.29 is 4.74 Å². The molecule has 0 spiro atoms. The number of nitrogens with zero attached hydrogens (tertiary/aromatic N) is 2. The fourth-order valence-corrected chi connectivity index (χ4v) is 2.37. The molecule has 0 radical (unpaired) electrons. The standard InChI is InChI=1S/C16H22ClN3O/c1-5-18-12(3)13-6-7-14(11(2)8-13)21-10-16-19-9-15(17)20(16)4/h6-9,12,18H,5,10H2,1-4H3. The number of ether oxygens (including phenoxy) is 1. The van der Waals surface area contributed by atoms with Crippen molar-refractivity contribution in [2.24, 2.45) is 7.05 Å². The Labute approximate surface area is 131 Å². The lowest BCUT2D eigenvalue weighted by molar-refractivity contribution is 0.289. The average molecular weight is 308 g/mol. The summed E-state index contributed by atoms with van der Waals surface area (Å²) in [5.41, 5.74) is 2.39. The van der Waals surface area contributed by atoms with Crippen LogP contribution in [0.5, 0.6) is 5.75 Å². The number of aromatic nitrogens is 2. The maximum atomic E-state index is 5.97. The first-order chi connectivity index (χ1) is 10.0. The van der Waals surface area contributed by atoms with E-state index in [0.29, 0.717) is 17.8 Å².